The smallest absolute Gasteiger partial charge is 0.281 e. The van der Waals surface area contributed by atoms with Gasteiger partial charge in [0.15, 0.2) is 4.60 Å². The van der Waals surface area contributed by atoms with Gasteiger partial charge in [-0.05, 0) is 28.9 Å². The van der Waals surface area contributed by atoms with Gasteiger partial charge in [-0.15, -0.1) is 5.10 Å². The molecule has 7 nitrogen and oxygen atoms in total. The summed E-state index contributed by atoms with van der Waals surface area (Å²) in [5, 5.41) is 16.9. The number of aromatic nitrogens is 3. The molecule has 2 aromatic rings. The van der Waals surface area contributed by atoms with Gasteiger partial charge in [-0.25, -0.2) is 4.68 Å². The Morgan fingerprint density at radius 2 is 2.05 bits per heavy atom. The SMILES string of the molecule is CC(O)c1ccccc1NS(=O)(=O)c1c(Br)nnn1C. The minimum atomic E-state index is -3.86. The second-order valence-electron chi connectivity index (χ2n) is 4.18. The molecule has 2 rings (SSSR count). The number of nitrogens with zero attached hydrogens (tertiary/aromatic N) is 3. The standard InChI is InChI=1S/C11H13BrN4O3S/c1-7(17)8-5-3-4-6-9(8)14-20(18,19)11-10(12)13-15-16(11)2/h3-7,14,17H,1-2H3. The molecule has 0 fully saturated rings. The van der Waals surface area contributed by atoms with Crippen molar-refractivity contribution in [2.75, 3.05) is 4.72 Å². The van der Waals surface area contributed by atoms with Crippen molar-refractivity contribution in [3.8, 4) is 0 Å². The van der Waals surface area contributed by atoms with E-state index < -0.39 is 16.1 Å². The van der Waals surface area contributed by atoms with E-state index in [1.165, 1.54) is 7.05 Å². The molecule has 20 heavy (non-hydrogen) atoms. The molecule has 9 heteroatoms. The van der Waals surface area contributed by atoms with Crippen LogP contribution in [0.5, 0.6) is 0 Å². The Morgan fingerprint density at radius 1 is 1.40 bits per heavy atom. The van der Waals surface area contributed by atoms with Gasteiger partial charge >= 0.3 is 0 Å². The van der Waals surface area contributed by atoms with Crippen LogP contribution in [0, 0.1) is 0 Å². The Labute approximate surface area is 124 Å². The Kier molecular flexibility index (Phi) is 4.11. The third-order valence-corrected chi connectivity index (χ3v) is 4.90. The largest absolute Gasteiger partial charge is 0.389 e. The molecule has 0 aliphatic heterocycles. The molecule has 108 valence electrons. The predicted octanol–water partition coefficient (Wildman–Crippen LogP) is 1.43. The van der Waals surface area contributed by atoms with Crippen LogP contribution in [0.3, 0.4) is 0 Å². The second kappa shape index (κ2) is 5.51. The lowest BCUT2D eigenvalue weighted by molar-refractivity contribution is 0.200. The van der Waals surface area contributed by atoms with E-state index in [1.807, 2.05) is 0 Å². The quantitative estimate of drug-likeness (QED) is 0.859. The van der Waals surface area contributed by atoms with Crippen molar-refractivity contribution in [3.63, 3.8) is 0 Å². The van der Waals surface area contributed by atoms with Crippen LogP contribution in [-0.2, 0) is 17.1 Å². The number of halogens is 1. The molecule has 0 aliphatic carbocycles. The zero-order chi connectivity index (χ0) is 14.9. The molecule has 0 saturated heterocycles. The van der Waals surface area contributed by atoms with Gasteiger partial charge in [0, 0.05) is 12.6 Å². The fraction of sp³-hybridized carbons (Fsp3) is 0.273. The van der Waals surface area contributed by atoms with Gasteiger partial charge < -0.3 is 5.11 Å². The Balaban J connectivity index is 2.45. The molecule has 0 amide bonds. The van der Waals surface area contributed by atoms with E-state index >= 15 is 0 Å². The van der Waals surface area contributed by atoms with E-state index in [2.05, 4.69) is 31.0 Å². The summed E-state index contributed by atoms with van der Waals surface area (Å²) < 4.78 is 28.4. The van der Waals surface area contributed by atoms with Gasteiger partial charge in [0.1, 0.15) is 0 Å². The fourth-order valence-electron chi connectivity index (χ4n) is 1.76. The summed E-state index contributed by atoms with van der Waals surface area (Å²) in [6.45, 7) is 1.56. The van der Waals surface area contributed by atoms with E-state index in [1.54, 1.807) is 31.2 Å². The summed E-state index contributed by atoms with van der Waals surface area (Å²) in [7, 11) is -2.38. The number of nitrogens with one attached hydrogen (secondary N) is 1. The minimum absolute atomic E-state index is 0.0853. The van der Waals surface area contributed by atoms with Crippen LogP contribution in [0.1, 0.15) is 18.6 Å². The first kappa shape index (κ1) is 14.9. The highest BCUT2D eigenvalue weighted by Crippen LogP contribution is 2.26. The maximum Gasteiger partial charge on any atom is 0.281 e. The first-order chi connectivity index (χ1) is 9.33. The molecule has 1 aromatic heterocycles. The topological polar surface area (TPSA) is 97.1 Å². The Hall–Kier alpha value is -1.45. The number of benzene rings is 1. The van der Waals surface area contributed by atoms with Crippen LogP contribution in [0.25, 0.3) is 0 Å². The molecule has 0 spiro atoms. The third kappa shape index (κ3) is 2.84. The summed E-state index contributed by atoms with van der Waals surface area (Å²) in [6, 6.07) is 6.64. The number of aliphatic hydroxyl groups excluding tert-OH is 1. The lowest BCUT2D eigenvalue weighted by Gasteiger charge is -2.14. The van der Waals surface area contributed by atoms with Gasteiger partial charge in [-0.2, -0.15) is 8.42 Å². The summed E-state index contributed by atoms with van der Waals surface area (Å²) >= 11 is 3.05. The fourth-order valence-corrected chi connectivity index (χ4v) is 3.94. The highest BCUT2D eigenvalue weighted by Gasteiger charge is 2.25. The average molecular weight is 361 g/mol. The summed E-state index contributed by atoms with van der Waals surface area (Å²) in [5.74, 6) is 0. The zero-order valence-electron chi connectivity index (χ0n) is 10.8. The van der Waals surface area contributed by atoms with Crippen molar-refractivity contribution < 1.29 is 13.5 Å². The molecule has 1 aromatic carbocycles. The molecule has 1 unspecified atom stereocenters. The number of aryl methyl sites for hydroxylation is 1. The predicted molar refractivity (Wildman–Crippen MR) is 76.6 cm³/mol. The van der Waals surface area contributed by atoms with Gasteiger partial charge in [-0.1, -0.05) is 23.4 Å². The van der Waals surface area contributed by atoms with Crippen LogP contribution in [-0.4, -0.2) is 28.5 Å². The van der Waals surface area contributed by atoms with Gasteiger partial charge in [0.05, 0.1) is 11.8 Å². The maximum atomic E-state index is 12.4. The van der Waals surface area contributed by atoms with E-state index in [0.717, 1.165) is 4.68 Å². The lowest BCUT2D eigenvalue weighted by Crippen LogP contribution is -2.18. The van der Waals surface area contributed by atoms with Gasteiger partial charge in [0.25, 0.3) is 10.0 Å². The van der Waals surface area contributed by atoms with Crippen LogP contribution in [0.4, 0.5) is 5.69 Å². The molecule has 0 saturated carbocycles. The Bertz CT molecular complexity index is 708. The van der Waals surface area contributed by atoms with Gasteiger partial charge in [0.2, 0.25) is 5.03 Å². The molecule has 2 N–H and O–H groups in total. The second-order valence-corrected chi connectivity index (χ2v) is 6.53. The number of anilines is 1. The van der Waals surface area contributed by atoms with E-state index in [9.17, 15) is 13.5 Å². The molecular weight excluding hydrogens is 348 g/mol. The van der Waals surface area contributed by atoms with Crippen molar-refractivity contribution in [2.45, 2.75) is 18.1 Å². The van der Waals surface area contributed by atoms with Crippen molar-refractivity contribution >= 4 is 31.6 Å². The first-order valence-electron chi connectivity index (χ1n) is 5.68. The van der Waals surface area contributed by atoms with Crippen LogP contribution < -0.4 is 4.72 Å². The number of hydrogen-bond acceptors (Lipinski definition) is 5. The highest BCUT2D eigenvalue weighted by atomic mass is 79.9. The highest BCUT2D eigenvalue weighted by molar-refractivity contribution is 9.10. The molecular formula is C11H13BrN4O3S. The summed E-state index contributed by atoms with van der Waals surface area (Å²) in [6.07, 6.45) is -0.790. The van der Waals surface area contributed by atoms with E-state index in [0.29, 0.717) is 11.3 Å². The van der Waals surface area contributed by atoms with Crippen molar-refractivity contribution in [1.29, 1.82) is 0 Å². The van der Waals surface area contributed by atoms with Gasteiger partial charge in [-0.3, -0.25) is 4.72 Å². The molecule has 0 aliphatic rings. The van der Waals surface area contributed by atoms with E-state index in [4.69, 9.17) is 0 Å². The third-order valence-electron chi connectivity index (χ3n) is 2.65. The molecule has 0 radical (unpaired) electrons. The van der Waals surface area contributed by atoms with Crippen molar-refractivity contribution in [1.82, 2.24) is 15.0 Å². The molecule has 0 bridgehead atoms. The average Bonchev–Trinajstić information content (AvgIpc) is 2.69. The van der Waals surface area contributed by atoms with Crippen LogP contribution in [0.15, 0.2) is 33.9 Å². The lowest BCUT2D eigenvalue weighted by atomic mass is 10.1. The van der Waals surface area contributed by atoms with Crippen LogP contribution >= 0.6 is 15.9 Å². The maximum absolute atomic E-state index is 12.4. The summed E-state index contributed by atoms with van der Waals surface area (Å²) in [5.41, 5.74) is 0.804. The Morgan fingerprint density at radius 3 is 2.60 bits per heavy atom. The van der Waals surface area contributed by atoms with Crippen molar-refractivity contribution in [3.05, 3.63) is 34.4 Å². The number of para-hydroxylation sites is 1. The minimum Gasteiger partial charge on any atom is -0.389 e. The molecule has 1 heterocycles. The van der Waals surface area contributed by atoms with Crippen molar-refractivity contribution in [2.24, 2.45) is 7.05 Å². The summed E-state index contributed by atoms with van der Waals surface area (Å²) in [4.78, 5) is 0. The number of aliphatic hydroxyl groups is 1. The number of sulfonamides is 1. The number of rotatable bonds is 4. The molecule has 1 atom stereocenters. The monoisotopic (exact) mass is 360 g/mol. The normalized spacial score (nSPS) is 13.2. The zero-order valence-corrected chi connectivity index (χ0v) is 13.2. The van der Waals surface area contributed by atoms with E-state index in [-0.39, 0.29) is 9.63 Å². The first-order valence-corrected chi connectivity index (χ1v) is 7.95. The van der Waals surface area contributed by atoms with Crippen LogP contribution in [0.2, 0.25) is 0 Å². The number of hydrogen-bond donors (Lipinski definition) is 2.